The number of halogens is 3. The van der Waals surface area contributed by atoms with E-state index in [1.165, 1.54) is 24.8 Å². The van der Waals surface area contributed by atoms with Crippen molar-refractivity contribution >= 4 is 11.7 Å². The van der Waals surface area contributed by atoms with Crippen LogP contribution in [0.15, 0.2) is 41.4 Å². The maximum Gasteiger partial charge on any atom is 0.471 e. The van der Waals surface area contributed by atoms with Crippen LogP contribution in [0, 0.1) is 0 Å². The number of carbonyl (C=O) groups excluding carboxylic acids is 1. The van der Waals surface area contributed by atoms with Crippen LogP contribution in [-0.2, 0) is 6.18 Å². The molecule has 1 saturated heterocycles. The van der Waals surface area contributed by atoms with Crippen molar-refractivity contribution in [3.63, 3.8) is 0 Å². The summed E-state index contributed by atoms with van der Waals surface area (Å²) < 4.78 is 41.9. The van der Waals surface area contributed by atoms with Crippen molar-refractivity contribution < 1.29 is 22.5 Å². The van der Waals surface area contributed by atoms with Crippen molar-refractivity contribution in [1.82, 2.24) is 30.0 Å². The second-order valence-corrected chi connectivity index (χ2v) is 6.20. The molecule has 0 unspecified atom stereocenters. The summed E-state index contributed by atoms with van der Waals surface area (Å²) in [6.07, 6.45) is 1.09. The molecule has 0 saturated carbocycles. The van der Waals surface area contributed by atoms with E-state index in [9.17, 15) is 18.0 Å². The summed E-state index contributed by atoms with van der Waals surface area (Å²) >= 11 is 0. The van der Waals surface area contributed by atoms with E-state index in [0.717, 1.165) is 0 Å². The predicted molar refractivity (Wildman–Crippen MR) is 92.7 cm³/mol. The van der Waals surface area contributed by atoms with Gasteiger partial charge in [-0.05, 0) is 12.1 Å². The Morgan fingerprint density at radius 3 is 2.41 bits per heavy atom. The van der Waals surface area contributed by atoms with Crippen LogP contribution in [-0.4, -0.2) is 62.1 Å². The monoisotopic (exact) mass is 405 g/mol. The van der Waals surface area contributed by atoms with Crippen LogP contribution >= 0.6 is 0 Å². The number of hydrogen-bond acceptors (Lipinski definition) is 8. The fraction of sp³-hybridized carbons (Fsp3) is 0.294. The van der Waals surface area contributed by atoms with Gasteiger partial charge in [-0.2, -0.15) is 18.2 Å². The van der Waals surface area contributed by atoms with Gasteiger partial charge in [0, 0.05) is 50.3 Å². The summed E-state index contributed by atoms with van der Waals surface area (Å²) in [6, 6.07) is 3.24. The molecule has 1 aliphatic rings. The molecule has 4 rings (SSSR count). The van der Waals surface area contributed by atoms with Gasteiger partial charge in [-0.25, -0.2) is 9.97 Å². The summed E-state index contributed by atoms with van der Waals surface area (Å²) in [4.78, 5) is 31.6. The third-order valence-corrected chi connectivity index (χ3v) is 4.35. The number of carbonyl (C=O) groups is 1. The third-order valence-electron chi connectivity index (χ3n) is 4.35. The molecule has 1 amide bonds. The summed E-state index contributed by atoms with van der Waals surface area (Å²) in [5.74, 6) is -1.13. The average Bonchev–Trinajstić information content (AvgIpc) is 3.25. The van der Waals surface area contributed by atoms with Gasteiger partial charge in [0.25, 0.3) is 5.91 Å². The third kappa shape index (κ3) is 4.00. The van der Waals surface area contributed by atoms with E-state index < -0.39 is 12.1 Å². The lowest BCUT2D eigenvalue weighted by Crippen LogP contribution is -2.49. The van der Waals surface area contributed by atoms with E-state index >= 15 is 0 Å². The maximum atomic E-state index is 12.6. The summed E-state index contributed by atoms with van der Waals surface area (Å²) in [7, 11) is 0. The first-order chi connectivity index (χ1) is 13.9. The molecular formula is C17H14F3N7O2. The second-order valence-electron chi connectivity index (χ2n) is 6.20. The zero-order valence-electron chi connectivity index (χ0n) is 14.9. The number of hydrogen-bond donors (Lipinski definition) is 0. The van der Waals surface area contributed by atoms with E-state index in [1.54, 1.807) is 17.0 Å². The summed E-state index contributed by atoms with van der Waals surface area (Å²) in [5, 5.41) is 3.34. The van der Waals surface area contributed by atoms with Crippen molar-refractivity contribution in [3.8, 4) is 11.4 Å². The SMILES string of the molecule is O=C(c1cnccn1)N1CCN(c2ccc(-c3noc(C(F)(F)F)n3)cn2)CC1. The van der Waals surface area contributed by atoms with Gasteiger partial charge in [0.05, 0.1) is 6.20 Å². The molecule has 0 N–H and O–H groups in total. The van der Waals surface area contributed by atoms with Crippen LogP contribution in [0.4, 0.5) is 19.0 Å². The molecule has 0 atom stereocenters. The highest BCUT2D eigenvalue weighted by atomic mass is 19.4. The quantitative estimate of drug-likeness (QED) is 0.651. The Labute approximate surface area is 162 Å². The Hall–Kier alpha value is -3.57. The maximum absolute atomic E-state index is 12.6. The standard InChI is InChI=1S/C17H14F3N7O2/c18-17(19,20)16-24-14(25-29-16)11-1-2-13(23-9-11)26-5-7-27(8-6-26)15(28)12-10-21-3-4-22-12/h1-4,9-10H,5-8H2. The molecule has 0 aromatic carbocycles. The highest BCUT2D eigenvalue weighted by molar-refractivity contribution is 5.92. The number of alkyl halides is 3. The van der Waals surface area contributed by atoms with E-state index in [4.69, 9.17) is 0 Å². The summed E-state index contributed by atoms with van der Waals surface area (Å²) in [5.41, 5.74) is 0.603. The number of piperazine rings is 1. The molecule has 3 aromatic heterocycles. The lowest BCUT2D eigenvalue weighted by atomic mass is 10.2. The summed E-state index contributed by atoms with van der Waals surface area (Å²) in [6.45, 7) is 2.08. The number of rotatable bonds is 3. The van der Waals surface area contributed by atoms with Crippen molar-refractivity contribution in [3.05, 3.63) is 48.5 Å². The Bertz CT molecular complexity index is 984. The fourth-order valence-electron chi connectivity index (χ4n) is 2.87. The number of nitrogens with zero attached hydrogens (tertiary/aromatic N) is 7. The Morgan fingerprint density at radius 1 is 1.03 bits per heavy atom. The topological polar surface area (TPSA) is 101 Å². The second kappa shape index (κ2) is 7.45. The highest BCUT2D eigenvalue weighted by Crippen LogP contribution is 2.29. The van der Waals surface area contributed by atoms with E-state index in [1.807, 2.05) is 4.90 Å². The molecule has 1 aliphatic heterocycles. The van der Waals surface area contributed by atoms with E-state index in [-0.39, 0.29) is 11.7 Å². The lowest BCUT2D eigenvalue weighted by molar-refractivity contribution is -0.159. The first-order valence-corrected chi connectivity index (χ1v) is 8.59. The molecular weight excluding hydrogens is 391 g/mol. The minimum Gasteiger partial charge on any atom is -0.353 e. The number of aromatic nitrogens is 5. The first-order valence-electron chi connectivity index (χ1n) is 8.59. The number of amides is 1. The van der Waals surface area contributed by atoms with Crippen molar-refractivity contribution in [2.75, 3.05) is 31.1 Å². The zero-order valence-corrected chi connectivity index (χ0v) is 14.9. The molecule has 0 aliphatic carbocycles. The number of anilines is 1. The van der Waals surface area contributed by atoms with E-state index in [2.05, 4.69) is 29.6 Å². The van der Waals surface area contributed by atoms with Gasteiger partial charge >= 0.3 is 12.1 Å². The van der Waals surface area contributed by atoms with Crippen molar-refractivity contribution in [2.24, 2.45) is 0 Å². The van der Waals surface area contributed by atoms with Gasteiger partial charge in [-0.15, -0.1) is 0 Å². The highest BCUT2D eigenvalue weighted by Gasteiger charge is 2.38. The Kier molecular flexibility index (Phi) is 4.82. The van der Waals surface area contributed by atoms with Gasteiger partial charge < -0.3 is 14.3 Å². The van der Waals surface area contributed by atoms with Gasteiger partial charge in [-0.1, -0.05) is 5.16 Å². The van der Waals surface area contributed by atoms with Gasteiger partial charge in [0.15, 0.2) is 0 Å². The van der Waals surface area contributed by atoms with Gasteiger partial charge in [-0.3, -0.25) is 9.78 Å². The Morgan fingerprint density at radius 2 is 1.83 bits per heavy atom. The van der Waals surface area contributed by atoms with Crippen LogP contribution in [0.5, 0.6) is 0 Å². The molecule has 12 heteroatoms. The minimum absolute atomic E-state index is 0.182. The normalized spacial score (nSPS) is 14.9. The molecule has 0 radical (unpaired) electrons. The molecule has 29 heavy (non-hydrogen) atoms. The molecule has 3 aromatic rings. The van der Waals surface area contributed by atoms with Crippen molar-refractivity contribution in [1.29, 1.82) is 0 Å². The minimum atomic E-state index is -4.69. The largest absolute Gasteiger partial charge is 0.471 e. The van der Waals surface area contributed by atoms with Gasteiger partial charge in [0.1, 0.15) is 11.5 Å². The predicted octanol–water partition coefficient (Wildman–Crippen LogP) is 1.90. The average molecular weight is 405 g/mol. The van der Waals surface area contributed by atoms with Crippen LogP contribution in [0.3, 0.4) is 0 Å². The lowest BCUT2D eigenvalue weighted by Gasteiger charge is -2.35. The van der Waals surface area contributed by atoms with Crippen LogP contribution in [0.1, 0.15) is 16.4 Å². The fourth-order valence-corrected chi connectivity index (χ4v) is 2.87. The number of pyridine rings is 1. The molecule has 0 bridgehead atoms. The molecule has 9 nitrogen and oxygen atoms in total. The van der Waals surface area contributed by atoms with Crippen molar-refractivity contribution in [2.45, 2.75) is 6.18 Å². The van der Waals surface area contributed by atoms with Crippen LogP contribution < -0.4 is 4.90 Å². The van der Waals surface area contributed by atoms with Gasteiger partial charge in [0.2, 0.25) is 5.82 Å². The van der Waals surface area contributed by atoms with Crippen LogP contribution in [0.2, 0.25) is 0 Å². The van der Waals surface area contributed by atoms with E-state index in [0.29, 0.717) is 43.3 Å². The zero-order chi connectivity index (χ0) is 20.4. The smallest absolute Gasteiger partial charge is 0.353 e. The molecule has 4 heterocycles. The van der Waals surface area contributed by atoms with Crippen LogP contribution in [0.25, 0.3) is 11.4 Å². The molecule has 1 fully saturated rings. The molecule has 0 spiro atoms. The molecule has 150 valence electrons. The Balaban J connectivity index is 1.39. The first kappa shape index (κ1) is 18.8.